The van der Waals surface area contributed by atoms with Gasteiger partial charge in [-0.2, -0.15) is 0 Å². The molecular weight excluding hydrogens is 110 g/mol. The van der Waals surface area contributed by atoms with E-state index >= 15 is 0 Å². The highest BCUT2D eigenvalue weighted by molar-refractivity contribution is 5.15. The fourth-order valence-electron chi connectivity index (χ4n) is 0.181. The van der Waals surface area contributed by atoms with Crippen LogP contribution in [0.25, 0.3) is 0 Å². The van der Waals surface area contributed by atoms with Crippen LogP contribution in [-0.4, -0.2) is 0 Å². The summed E-state index contributed by atoms with van der Waals surface area (Å²) in [5.41, 5.74) is 0. The van der Waals surface area contributed by atoms with Crippen molar-refractivity contribution in [2.45, 2.75) is 0 Å². The zero-order chi connectivity index (χ0) is 6.57. The molecule has 0 radical (unpaired) electrons. The lowest BCUT2D eigenvalue weighted by atomic mass is 10.4. The Bertz CT molecular complexity index is 117. The van der Waals surface area contributed by atoms with Crippen LogP contribution in [0.1, 0.15) is 0 Å². The first-order valence-electron chi connectivity index (χ1n) is 2.00. The molecule has 0 fully saturated rings. The predicted molar refractivity (Wildman–Crippen MR) is 29.6 cm³/mol. The van der Waals surface area contributed by atoms with E-state index in [0.717, 1.165) is 12.2 Å². The minimum atomic E-state index is -0.677. The Labute approximate surface area is 46.8 Å². The molecule has 0 amide bonds. The largest absolute Gasteiger partial charge is 0.208 e. The van der Waals surface area contributed by atoms with Gasteiger partial charge in [0, 0.05) is 0 Å². The van der Waals surface area contributed by atoms with Gasteiger partial charge in [-0.3, -0.25) is 0 Å². The molecule has 2 heteroatoms. The second-order valence-corrected chi connectivity index (χ2v) is 1.23. The van der Waals surface area contributed by atoms with Crippen molar-refractivity contribution in [3.63, 3.8) is 0 Å². The quantitative estimate of drug-likeness (QED) is 0.486. The van der Waals surface area contributed by atoms with Crippen molar-refractivity contribution in [3.8, 4) is 0 Å². The molecule has 0 saturated carbocycles. The first kappa shape index (κ1) is 7.08. The van der Waals surface area contributed by atoms with Crippen molar-refractivity contribution in [3.05, 3.63) is 37.0 Å². The maximum atomic E-state index is 11.6. The summed E-state index contributed by atoms with van der Waals surface area (Å²) in [6, 6.07) is 0. The van der Waals surface area contributed by atoms with Crippen LogP contribution in [0.2, 0.25) is 0 Å². The highest BCUT2D eigenvalue weighted by Crippen LogP contribution is 1.98. The fraction of sp³-hybridized carbons (Fsp3) is 0. The maximum Gasteiger partial charge on any atom is 0.116 e. The third kappa shape index (κ3) is 5.08. The van der Waals surface area contributed by atoms with E-state index in [9.17, 15) is 8.78 Å². The van der Waals surface area contributed by atoms with Crippen LogP contribution in [-0.2, 0) is 0 Å². The Kier molecular flexibility index (Phi) is 2.77. The number of halogens is 2. The lowest BCUT2D eigenvalue weighted by molar-refractivity contribution is 0.657. The van der Waals surface area contributed by atoms with Crippen LogP contribution in [0.3, 0.4) is 0 Å². The molecule has 0 saturated heterocycles. The van der Waals surface area contributed by atoms with Crippen LogP contribution in [0, 0.1) is 0 Å². The van der Waals surface area contributed by atoms with Crippen LogP contribution < -0.4 is 0 Å². The SMILES string of the molecule is C=C(F)/C=C\C(=C)F. The second kappa shape index (κ2) is 3.13. The van der Waals surface area contributed by atoms with E-state index in [1.54, 1.807) is 0 Å². The van der Waals surface area contributed by atoms with Crippen molar-refractivity contribution in [2.75, 3.05) is 0 Å². The van der Waals surface area contributed by atoms with E-state index in [-0.39, 0.29) is 0 Å². The second-order valence-electron chi connectivity index (χ2n) is 1.23. The van der Waals surface area contributed by atoms with Crippen molar-refractivity contribution in [1.29, 1.82) is 0 Å². The summed E-state index contributed by atoms with van der Waals surface area (Å²) in [6.07, 6.45) is 1.81. The van der Waals surface area contributed by atoms with Gasteiger partial charge in [0.2, 0.25) is 0 Å². The maximum absolute atomic E-state index is 11.6. The molecule has 0 aromatic carbocycles. The minimum absolute atomic E-state index is 0.677. The van der Waals surface area contributed by atoms with Crippen molar-refractivity contribution < 1.29 is 8.78 Å². The standard InChI is InChI=1S/C6H6F2/c1-5(7)3-4-6(2)8/h3-4H,1-2H2/b4-3-. The van der Waals surface area contributed by atoms with Gasteiger partial charge < -0.3 is 0 Å². The topological polar surface area (TPSA) is 0 Å². The first-order chi connectivity index (χ1) is 3.63. The first-order valence-corrected chi connectivity index (χ1v) is 2.00. The molecular formula is C6H6F2. The summed E-state index contributed by atoms with van der Waals surface area (Å²) in [5, 5.41) is 0. The average Bonchev–Trinajstić information content (AvgIpc) is 1.61. The van der Waals surface area contributed by atoms with Gasteiger partial charge >= 0.3 is 0 Å². The van der Waals surface area contributed by atoms with Gasteiger partial charge in [0.1, 0.15) is 11.7 Å². The molecule has 0 bridgehead atoms. The molecule has 0 aromatic rings. The lowest BCUT2D eigenvalue weighted by Crippen LogP contribution is -1.59. The number of hydrogen-bond donors (Lipinski definition) is 0. The Morgan fingerprint density at radius 1 is 1.00 bits per heavy atom. The molecule has 0 atom stereocenters. The van der Waals surface area contributed by atoms with Gasteiger partial charge in [0.15, 0.2) is 0 Å². The van der Waals surface area contributed by atoms with Crippen molar-refractivity contribution in [1.82, 2.24) is 0 Å². The predicted octanol–water partition coefficient (Wildman–Crippen LogP) is 2.51. The van der Waals surface area contributed by atoms with E-state index < -0.39 is 11.7 Å². The van der Waals surface area contributed by atoms with Crippen LogP contribution in [0.15, 0.2) is 37.0 Å². The van der Waals surface area contributed by atoms with Gasteiger partial charge in [-0.15, -0.1) is 0 Å². The van der Waals surface area contributed by atoms with Crippen LogP contribution in [0.4, 0.5) is 8.78 Å². The summed E-state index contributed by atoms with van der Waals surface area (Å²) in [6.45, 7) is 5.73. The smallest absolute Gasteiger partial charge is 0.116 e. The van der Waals surface area contributed by atoms with E-state index in [4.69, 9.17) is 0 Å². The molecule has 0 spiro atoms. The molecule has 8 heavy (non-hydrogen) atoms. The van der Waals surface area contributed by atoms with E-state index in [2.05, 4.69) is 13.2 Å². The van der Waals surface area contributed by atoms with Gasteiger partial charge in [0.05, 0.1) is 0 Å². The van der Waals surface area contributed by atoms with Crippen molar-refractivity contribution >= 4 is 0 Å². The molecule has 0 aromatic heterocycles. The molecule has 0 N–H and O–H groups in total. The molecule has 0 aliphatic carbocycles. The Morgan fingerprint density at radius 2 is 1.25 bits per heavy atom. The number of allylic oxidation sites excluding steroid dienone is 4. The van der Waals surface area contributed by atoms with E-state index in [1.807, 2.05) is 0 Å². The lowest BCUT2D eigenvalue weighted by Gasteiger charge is -1.77. The van der Waals surface area contributed by atoms with Crippen LogP contribution in [0.5, 0.6) is 0 Å². The number of rotatable bonds is 2. The normalized spacial score (nSPS) is 9.75. The Morgan fingerprint density at radius 3 is 1.38 bits per heavy atom. The Balaban J connectivity index is 3.67. The summed E-state index contributed by atoms with van der Waals surface area (Å²) < 4.78 is 23.1. The highest BCUT2D eigenvalue weighted by Gasteiger charge is 1.79. The fourth-order valence-corrected chi connectivity index (χ4v) is 0.181. The highest BCUT2D eigenvalue weighted by atomic mass is 19.1. The van der Waals surface area contributed by atoms with E-state index in [1.165, 1.54) is 0 Å². The minimum Gasteiger partial charge on any atom is -0.208 e. The monoisotopic (exact) mass is 116 g/mol. The molecule has 0 unspecified atom stereocenters. The zero-order valence-corrected chi connectivity index (χ0v) is 4.32. The summed E-state index contributed by atoms with van der Waals surface area (Å²) >= 11 is 0. The molecule has 0 aliphatic heterocycles. The number of hydrogen-bond acceptors (Lipinski definition) is 0. The molecule has 0 nitrogen and oxygen atoms in total. The van der Waals surface area contributed by atoms with Gasteiger partial charge in [-0.05, 0) is 12.2 Å². The molecule has 44 valence electrons. The third-order valence-corrected chi connectivity index (χ3v) is 0.445. The molecule has 0 heterocycles. The van der Waals surface area contributed by atoms with Crippen molar-refractivity contribution in [2.24, 2.45) is 0 Å². The summed E-state index contributed by atoms with van der Waals surface area (Å²) in [5.74, 6) is -1.35. The van der Waals surface area contributed by atoms with Gasteiger partial charge in [0.25, 0.3) is 0 Å². The zero-order valence-electron chi connectivity index (χ0n) is 4.32. The van der Waals surface area contributed by atoms with Gasteiger partial charge in [-0.1, -0.05) is 13.2 Å². The van der Waals surface area contributed by atoms with Gasteiger partial charge in [-0.25, -0.2) is 8.78 Å². The molecule has 0 rings (SSSR count). The van der Waals surface area contributed by atoms with E-state index in [0.29, 0.717) is 0 Å². The summed E-state index contributed by atoms with van der Waals surface area (Å²) in [4.78, 5) is 0. The average molecular weight is 116 g/mol. The Hall–Kier alpha value is -0.920. The summed E-state index contributed by atoms with van der Waals surface area (Å²) in [7, 11) is 0. The molecule has 0 aliphatic rings. The third-order valence-electron chi connectivity index (χ3n) is 0.445. The van der Waals surface area contributed by atoms with Crippen LogP contribution >= 0.6 is 0 Å².